The number of ether oxygens (including phenoxy) is 1. The minimum atomic E-state index is -0.0951. The van der Waals surface area contributed by atoms with E-state index in [2.05, 4.69) is 41.7 Å². The highest BCUT2D eigenvalue weighted by molar-refractivity contribution is 5.94. The molecule has 0 unspecified atom stereocenters. The van der Waals surface area contributed by atoms with E-state index in [1.807, 2.05) is 25.1 Å². The molecule has 0 fully saturated rings. The van der Waals surface area contributed by atoms with Gasteiger partial charge in [-0.15, -0.1) is 0 Å². The average Bonchev–Trinajstić information content (AvgIpc) is 2.68. The summed E-state index contributed by atoms with van der Waals surface area (Å²) >= 11 is 0. The molecule has 0 aromatic heterocycles. The Morgan fingerprint density at radius 2 is 1.44 bits per heavy atom. The van der Waals surface area contributed by atoms with Crippen molar-refractivity contribution in [1.29, 1.82) is 0 Å². The maximum absolute atomic E-state index is 12.4. The SMILES string of the molecule is COc1ccc(C(=O)N[C@@H](C)c2ccc(-c3ccccc3)cc2)cc1. The van der Waals surface area contributed by atoms with E-state index < -0.39 is 0 Å². The third kappa shape index (κ3) is 4.07. The molecule has 1 amide bonds. The van der Waals surface area contributed by atoms with Gasteiger partial charge in [0.1, 0.15) is 5.75 Å². The van der Waals surface area contributed by atoms with Crippen LogP contribution in [0.1, 0.15) is 28.9 Å². The second-order valence-corrected chi connectivity index (χ2v) is 5.91. The maximum Gasteiger partial charge on any atom is 0.251 e. The van der Waals surface area contributed by atoms with Crippen LogP contribution in [0, 0.1) is 0 Å². The van der Waals surface area contributed by atoms with Crippen LogP contribution in [0.5, 0.6) is 5.75 Å². The van der Waals surface area contributed by atoms with Crippen LogP contribution in [0.15, 0.2) is 78.9 Å². The van der Waals surface area contributed by atoms with E-state index in [0.29, 0.717) is 5.56 Å². The van der Waals surface area contributed by atoms with E-state index in [1.54, 1.807) is 31.4 Å². The van der Waals surface area contributed by atoms with E-state index in [1.165, 1.54) is 5.56 Å². The van der Waals surface area contributed by atoms with Crippen LogP contribution in [-0.4, -0.2) is 13.0 Å². The standard InChI is InChI=1S/C22H21NO2/c1-16(23-22(24)20-12-14-21(25-2)15-13-20)17-8-10-19(11-9-17)18-6-4-3-5-7-18/h3-16H,1-2H3,(H,23,24)/t16-/m0/s1. The number of carbonyl (C=O) groups excluding carboxylic acids is 1. The lowest BCUT2D eigenvalue weighted by molar-refractivity contribution is 0.0940. The molecule has 0 aliphatic carbocycles. The highest BCUT2D eigenvalue weighted by atomic mass is 16.5. The van der Waals surface area contributed by atoms with Gasteiger partial charge in [0, 0.05) is 5.56 Å². The number of carbonyl (C=O) groups is 1. The Kier molecular flexibility index (Phi) is 5.14. The molecular formula is C22H21NO2. The number of amides is 1. The van der Waals surface area contributed by atoms with Gasteiger partial charge in [0.2, 0.25) is 0 Å². The van der Waals surface area contributed by atoms with Crippen LogP contribution >= 0.6 is 0 Å². The van der Waals surface area contributed by atoms with Gasteiger partial charge in [0.25, 0.3) is 5.91 Å². The molecule has 25 heavy (non-hydrogen) atoms. The summed E-state index contributed by atoms with van der Waals surface area (Å²) in [4.78, 5) is 12.4. The van der Waals surface area contributed by atoms with Gasteiger partial charge in [-0.1, -0.05) is 54.6 Å². The smallest absolute Gasteiger partial charge is 0.251 e. The fourth-order valence-electron chi connectivity index (χ4n) is 2.70. The van der Waals surface area contributed by atoms with Crippen molar-refractivity contribution in [2.24, 2.45) is 0 Å². The molecule has 3 aromatic carbocycles. The summed E-state index contributed by atoms with van der Waals surface area (Å²) in [7, 11) is 1.61. The van der Waals surface area contributed by atoms with Crippen molar-refractivity contribution in [1.82, 2.24) is 5.32 Å². The first-order valence-electron chi connectivity index (χ1n) is 8.27. The highest BCUT2D eigenvalue weighted by Crippen LogP contribution is 2.22. The lowest BCUT2D eigenvalue weighted by Gasteiger charge is -2.15. The first kappa shape index (κ1) is 16.8. The summed E-state index contributed by atoms with van der Waals surface area (Å²) < 4.78 is 5.12. The van der Waals surface area contributed by atoms with E-state index in [0.717, 1.165) is 16.9 Å². The molecule has 3 heteroatoms. The van der Waals surface area contributed by atoms with Crippen molar-refractivity contribution in [3.8, 4) is 16.9 Å². The second-order valence-electron chi connectivity index (χ2n) is 5.91. The second kappa shape index (κ2) is 7.67. The van der Waals surface area contributed by atoms with E-state index in [4.69, 9.17) is 4.74 Å². The average molecular weight is 331 g/mol. The quantitative estimate of drug-likeness (QED) is 0.725. The molecule has 126 valence electrons. The Morgan fingerprint density at radius 1 is 0.840 bits per heavy atom. The van der Waals surface area contributed by atoms with E-state index in [-0.39, 0.29) is 11.9 Å². The fraction of sp³-hybridized carbons (Fsp3) is 0.136. The first-order valence-corrected chi connectivity index (χ1v) is 8.27. The number of benzene rings is 3. The summed E-state index contributed by atoms with van der Waals surface area (Å²) in [5.41, 5.74) is 4.04. The maximum atomic E-state index is 12.4. The van der Waals surface area contributed by atoms with Crippen LogP contribution in [-0.2, 0) is 0 Å². The predicted molar refractivity (Wildman–Crippen MR) is 101 cm³/mol. The summed E-state index contributed by atoms with van der Waals surface area (Å²) in [6.45, 7) is 1.99. The number of hydrogen-bond acceptors (Lipinski definition) is 2. The number of rotatable bonds is 5. The van der Waals surface area contributed by atoms with Crippen LogP contribution in [0.25, 0.3) is 11.1 Å². The summed E-state index contributed by atoms with van der Waals surface area (Å²) in [6, 6.07) is 25.6. The zero-order valence-corrected chi connectivity index (χ0v) is 14.4. The van der Waals surface area contributed by atoms with Gasteiger partial charge in [0.15, 0.2) is 0 Å². The van der Waals surface area contributed by atoms with Crippen molar-refractivity contribution in [3.05, 3.63) is 90.0 Å². The summed E-state index contributed by atoms with van der Waals surface area (Å²) in [5, 5.41) is 3.03. The molecule has 3 aromatic rings. The summed E-state index contributed by atoms with van der Waals surface area (Å²) in [5.74, 6) is 0.642. The monoisotopic (exact) mass is 331 g/mol. The molecule has 3 rings (SSSR count). The molecule has 0 heterocycles. The fourth-order valence-corrected chi connectivity index (χ4v) is 2.70. The van der Waals surface area contributed by atoms with Gasteiger partial charge in [-0.2, -0.15) is 0 Å². The number of hydrogen-bond donors (Lipinski definition) is 1. The zero-order valence-electron chi connectivity index (χ0n) is 14.4. The zero-order chi connectivity index (χ0) is 17.6. The van der Waals surface area contributed by atoms with Crippen molar-refractivity contribution >= 4 is 5.91 Å². The summed E-state index contributed by atoms with van der Waals surface area (Å²) in [6.07, 6.45) is 0. The lowest BCUT2D eigenvalue weighted by Crippen LogP contribution is -2.26. The van der Waals surface area contributed by atoms with Gasteiger partial charge in [-0.25, -0.2) is 0 Å². The Bertz CT molecular complexity index is 824. The molecule has 0 aliphatic heterocycles. The molecule has 1 N–H and O–H groups in total. The number of nitrogens with one attached hydrogen (secondary N) is 1. The molecule has 0 radical (unpaired) electrons. The molecule has 0 saturated carbocycles. The van der Waals surface area contributed by atoms with Crippen molar-refractivity contribution in [2.75, 3.05) is 7.11 Å². The van der Waals surface area contributed by atoms with Gasteiger partial charge < -0.3 is 10.1 Å². The van der Waals surface area contributed by atoms with Crippen molar-refractivity contribution in [2.45, 2.75) is 13.0 Å². The van der Waals surface area contributed by atoms with Crippen molar-refractivity contribution < 1.29 is 9.53 Å². The molecule has 0 spiro atoms. The third-order valence-electron chi connectivity index (χ3n) is 4.22. The predicted octanol–water partition coefficient (Wildman–Crippen LogP) is 4.85. The normalized spacial score (nSPS) is 11.6. The van der Waals surface area contributed by atoms with Gasteiger partial charge >= 0.3 is 0 Å². The largest absolute Gasteiger partial charge is 0.497 e. The molecule has 0 bridgehead atoms. The minimum absolute atomic E-state index is 0.0700. The molecule has 1 atom stereocenters. The van der Waals surface area contributed by atoms with Crippen LogP contribution in [0.4, 0.5) is 0 Å². The third-order valence-corrected chi connectivity index (χ3v) is 4.22. The lowest BCUT2D eigenvalue weighted by atomic mass is 10.0. The van der Waals surface area contributed by atoms with E-state index >= 15 is 0 Å². The molecule has 3 nitrogen and oxygen atoms in total. The number of methoxy groups -OCH3 is 1. The molecular weight excluding hydrogens is 310 g/mol. The highest BCUT2D eigenvalue weighted by Gasteiger charge is 2.11. The van der Waals surface area contributed by atoms with Crippen LogP contribution in [0.3, 0.4) is 0 Å². The van der Waals surface area contributed by atoms with Crippen molar-refractivity contribution in [3.63, 3.8) is 0 Å². The topological polar surface area (TPSA) is 38.3 Å². The van der Waals surface area contributed by atoms with Gasteiger partial charge in [0.05, 0.1) is 13.2 Å². The Hall–Kier alpha value is -3.07. The van der Waals surface area contributed by atoms with Crippen LogP contribution < -0.4 is 10.1 Å². The van der Waals surface area contributed by atoms with E-state index in [9.17, 15) is 4.79 Å². The first-order chi connectivity index (χ1) is 12.2. The Morgan fingerprint density at radius 3 is 2.04 bits per heavy atom. The van der Waals surface area contributed by atoms with Crippen LogP contribution in [0.2, 0.25) is 0 Å². The van der Waals surface area contributed by atoms with Gasteiger partial charge in [-0.05, 0) is 47.9 Å². The van der Waals surface area contributed by atoms with Gasteiger partial charge in [-0.3, -0.25) is 4.79 Å². The minimum Gasteiger partial charge on any atom is -0.497 e. The Balaban J connectivity index is 1.68. The molecule has 0 saturated heterocycles. The Labute approximate surface area is 148 Å². The molecule has 0 aliphatic rings.